The van der Waals surface area contributed by atoms with Gasteiger partial charge < -0.3 is 5.32 Å². The fraction of sp³-hybridized carbons (Fsp3) is 0.444. The highest BCUT2D eigenvalue weighted by Gasteiger charge is 2.19. The van der Waals surface area contributed by atoms with Crippen molar-refractivity contribution in [3.05, 3.63) is 53.9 Å². The van der Waals surface area contributed by atoms with Gasteiger partial charge in [-0.1, -0.05) is 31.2 Å². The van der Waals surface area contributed by atoms with Crippen molar-refractivity contribution in [3.8, 4) is 0 Å². The Morgan fingerprint density at radius 1 is 1.30 bits per heavy atom. The summed E-state index contributed by atoms with van der Waals surface area (Å²) >= 11 is 0. The predicted molar refractivity (Wildman–Crippen MR) is 90.0 cm³/mol. The molecule has 0 aliphatic carbocycles. The zero-order valence-electron chi connectivity index (χ0n) is 13.6. The van der Waals surface area contributed by atoms with Crippen LogP contribution in [0.25, 0.3) is 0 Å². The van der Waals surface area contributed by atoms with Gasteiger partial charge in [-0.2, -0.15) is 5.10 Å². The molecule has 5 nitrogen and oxygen atoms in total. The Hall–Kier alpha value is -2.14. The zero-order valence-corrected chi connectivity index (χ0v) is 13.6. The van der Waals surface area contributed by atoms with Gasteiger partial charge in [-0.25, -0.2) is 0 Å². The lowest BCUT2D eigenvalue weighted by Crippen LogP contribution is -2.40. The summed E-state index contributed by atoms with van der Waals surface area (Å²) in [5, 5.41) is 7.23. The predicted octanol–water partition coefficient (Wildman–Crippen LogP) is 2.01. The van der Waals surface area contributed by atoms with Crippen molar-refractivity contribution in [2.75, 3.05) is 19.6 Å². The molecule has 23 heavy (non-hydrogen) atoms. The molecule has 0 bridgehead atoms. The summed E-state index contributed by atoms with van der Waals surface area (Å²) in [5.74, 6) is 0.0496. The maximum absolute atomic E-state index is 12.3. The van der Waals surface area contributed by atoms with Gasteiger partial charge in [0.2, 0.25) is 5.91 Å². The summed E-state index contributed by atoms with van der Waals surface area (Å²) in [6.45, 7) is 5.60. The molecule has 1 amide bonds. The normalized spacial score (nSPS) is 15.9. The summed E-state index contributed by atoms with van der Waals surface area (Å²) in [4.78, 5) is 14.7. The number of carbonyl (C=O) groups excluding carboxylic acids is 1. The summed E-state index contributed by atoms with van der Waals surface area (Å²) in [6, 6.07) is 10.2. The SMILES string of the molecule is CC[C@H](C(=O)NCCN1CCc2ccccc2C1)n1cccn1. The lowest BCUT2D eigenvalue weighted by Gasteiger charge is -2.28. The Bertz CT molecular complexity index is 638. The highest BCUT2D eigenvalue weighted by molar-refractivity contribution is 5.80. The Morgan fingerprint density at radius 2 is 2.13 bits per heavy atom. The minimum atomic E-state index is -0.216. The van der Waals surface area contributed by atoms with Gasteiger partial charge >= 0.3 is 0 Å². The van der Waals surface area contributed by atoms with E-state index in [2.05, 4.69) is 39.6 Å². The van der Waals surface area contributed by atoms with E-state index in [0.29, 0.717) is 6.54 Å². The van der Waals surface area contributed by atoms with Gasteiger partial charge in [0.15, 0.2) is 0 Å². The first-order valence-corrected chi connectivity index (χ1v) is 8.34. The maximum Gasteiger partial charge on any atom is 0.244 e. The minimum absolute atomic E-state index is 0.0496. The van der Waals surface area contributed by atoms with Gasteiger partial charge in [0.05, 0.1) is 0 Å². The highest BCUT2D eigenvalue weighted by Crippen LogP contribution is 2.17. The van der Waals surface area contributed by atoms with Gasteiger partial charge in [-0.05, 0) is 30.0 Å². The molecule has 5 heteroatoms. The van der Waals surface area contributed by atoms with E-state index in [4.69, 9.17) is 0 Å². The number of hydrogen-bond donors (Lipinski definition) is 1. The molecule has 1 N–H and O–H groups in total. The monoisotopic (exact) mass is 312 g/mol. The van der Waals surface area contributed by atoms with E-state index in [1.54, 1.807) is 10.9 Å². The van der Waals surface area contributed by atoms with Gasteiger partial charge in [-0.3, -0.25) is 14.4 Å². The van der Waals surface area contributed by atoms with E-state index in [1.165, 1.54) is 11.1 Å². The average molecular weight is 312 g/mol. The smallest absolute Gasteiger partial charge is 0.244 e. The molecule has 1 aliphatic rings. The van der Waals surface area contributed by atoms with Crippen LogP contribution >= 0.6 is 0 Å². The second kappa shape index (κ2) is 7.42. The standard InChI is InChI=1S/C18H24N4O/c1-2-17(22-11-5-9-20-22)18(23)19-10-13-21-12-8-15-6-3-4-7-16(15)14-21/h3-7,9,11,17H,2,8,10,12-14H2,1H3,(H,19,23)/t17-/m1/s1. The lowest BCUT2D eigenvalue weighted by molar-refractivity contribution is -0.124. The number of benzene rings is 1. The fourth-order valence-corrected chi connectivity index (χ4v) is 3.16. The van der Waals surface area contributed by atoms with Gasteiger partial charge in [0.25, 0.3) is 0 Å². The van der Waals surface area contributed by atoms with E-state index >= 15 is 0 Å². The van der Waals surface area contributed by atoms with Crippen molar-refractivity contribution in [1.29, 1.82) is 0 Å². The lowest BCUT2D eigenvalue weighted by atomic mass is 10.00. The molecular weight excluding hydrogens is 288 g/mol. The summed E-state index contributed by atoms with van der Waals surface area (Å²) in [6.07, 6.45) is 5.38. The van der Waals surface area contributed by atoms with Crippen LogP contribution in [0.15, 0.2) is 42.7 Å². The first-order chi connectivity index (χ1) is 11.3. The van der Waals surface area contributed by atoms with Crippen LogP contribution in [0.5, 0.6) is 0 Å². The number of rotatable bonds is 6. The Balaban J connectivity index is 1.47. The Morgan fingerprint density at radius 3 is 2.87 bits per heavy atom. The van der Waals surface area contributed by atoms with E-state index in [9.17, 15) is 4.79 Å². The molecule has 0 spiro atoms. The Labute approximate surface area is 137 Å². The van der Waals surface area contributed by atoms with Gasteiger partial charge in [0, 0.05) is 38.6 Å². The second-order valence-electron chi connectivity index (χ2n) is 6.00. The first-order valence-electron chi connectivity index (χ1n) is 8.34. The third-order valence-electron chi connectivity index (χ3n) is 4.47. The van der Waals surface area contributed by atoms with Crippen molar-refractivity contribution in [1.82, 2.24) is 20.0 Å². The third-order valence-corrected chi connectivity index (χ3v) is 4.47. The molecule has 2 aromatic rings. The van der Waals surface area contributed by atoms with E-state index in [-0.39, 0.29) is 11.9 Å². The molecular formula is C18H24N4O. The Kier molecular flexibility index (Phi) is 5.08. The van der Waals surface area contributed by atoms with Crippen LogP contribution in [-0.4, -0.2) is 40.2 Å². The molecule has 1 aromatic carbocycles. The van der Waals surface area contributed by atoms with Crippen LogP contribution < -0.4 is 5.32 Å². The number of nitrogens with zero attached hydrogens (tertiary/aromatic N) is 3. The van der Waals surface area contributed by atoms with Crippen molar-refractivity contribution < 1.29 is 4.79 Å². The zero-order chi connectivity index (χ0) is 16.1. The molecule has 1 aromatic heterocycles. The molecule has 1 aliphatic heterocycles. The first kappa shape index (κ1) is 15.7. The van der Waals surface area contributed by atoms with Crippen molar-refractivity contribution in [3.63, 3.8) is 0 Å². The second-order valence-corrected chi connectivity index (χ2v) is 6.00. The summed E-state index contributed by atoms with van der Waals surface area (Å²) in [5.41, 5.74) is 2.87. The van der Waals surface area contributed by atoms with E-state index in [1.807, 2.05) is 19.2 Å². The number of amides is 1. The molecule has 122 valence electrons. The number of nitrogens with one attached hydrogen (secondary N) is 1. The number of fused-ring (bicyclic) bond motifs is 1. The van der Waals surface area contributed by atoms with Crippen LogP contribution in [0, 0.1) is 0 Å². The van der Waals surface area contributed by atoms with Crippen LogP contribution in [0.2, 0.25) is 0 Å². The molecule has 0 unspecified atom stereocenters. The maximum atomic E-state index is 12.3. The third kappa shape index (κ3) is 3.79. The van der Waals surface area contributed by atoms with Gasteiger partial charge in [-0.15, -0.1) is 0 Å². The van der Waals surface area contributed by atoms with E-state index < -0.39 is 0 Å². The number of hydrogen-bond acceptors (Lipinski definition) is 3. The number of carbonyl (C=O) groups is 1. The summed E-state index contributed by atoms with van der Waals surface area (Å²) in [7, 11) is 0. The van der Waals surface area contributed by atoms with Crippen LogP contribution in [-0.2, 0) is 17.8 Å². The quantitative estimate of drug-likeness (QED) is 0.888. The van der Waals surface area contributed by atoms with Crippen molar-refractivity contribution in [2.45, 2.75) is 32.4 Å². The minimum Gasteiger partial charge on any atom is -0.353 e. The topological polar surface area (TPSA) is 50.2 Å². The highest BCUT2D eigenvalue weighted by atomic mass is 16.2. The molecule has 1 atom stereocenters. The molecule has 0 fully saturated rings. The average Bonchev–Trinajstić information content (AvgIpc) is 3.09. The van der Waals surface area contributed by atoms with Crippen LogP contribution in [0.4, 0.5) is 0 Å². The van der Waals surface area contributed by atoms with E-state index in [0.717, 1.165) is 32.5 Å². The molecule has 3 rings (SSSR count). The molecule has 2 heterocycles. The van der Waals surface area contributed by atoms with Crippen LogP contribution in [0.3, 0.4) is 0 Å². The van der Waals surface area contributed by atoms with Crippen molar-refractivity contribution >= 4 is 5.91 Å². The summed E-state index contributed by atoms with van der Waals surface area (Å²) < 4.78 is 1.73. The largest absolute Gasteiger partial charge is 0.353 e. The van der Waals surface area contributed by atoms with Crippen molar-refractivity contribution in [2.24, 2.45) is 0 Å². The van der Waals surface area contributed by atoms with Crippen LogP contribution in [0.1, 0.15) is 30.5 Å². The number of aromatic nitrogens is 2. The molecule has 0 radical (unpaired) electrons. The fourth-order valence-electron chi connectivity index (χ4n) is 3.16. The molecule has 0 saturated carbocycles. The van der Waals surface area contributed by atoms with Gasteiger partial charge in [0.1, 0.15) is 6.04 Å². The molecule has 0 saturated heterocycles.